The van der Waals surface area contributed by atoms with Gasteiger partial charge in [0.05, 0.1) is 0 Å². The molecule has 2 rings (SSSR count). The molecule has 1 amide bonds. The van der Waals surface area contributed by atoms with E-state index >= 15 is 0 Å². The number of amides is 1. The van der Waals surface area contributed by atoms with Crippen LogP contribution < -0.4 is 5.32 Å². The Kier molecular flexibility index (Phi) is 5.85. The van der Waals surface area contributed by atoms with Crippen molar-refractivity contribution in [2.75, 3.05) is 12.4 Å². The molecule has 1 fully saturated rings. The van der Waals surface area contributed by atoms with Gasteiger partial charge in [-0.1, -0.05) is 36.9 Å². The largest absolute Gasteiger partial charge is 0.376 e. The van der Waals surface area contributed by atoms with Crippen molar-refractivity contribution in [2.24, 2.45) is 0 Å². The Labute approximate surface area is 136 Å². The number of carbonyl (C=O) groups excluding carboxylic acids is 1. The molecular weight excluding hydrogens is 298 g/mol. The number of anilines is 1. The molecule has 0 aromatic heterocycles. The number of benzene rings is 1. The molecule has 0 saturated heterocycles. The summed E-state index contributed by atoms with van der Waals surface area (Å²) in [5.74, 6) is -0.410. The predicted molar refractivity (Wildman–Crippen MR) is 88.4 cm³/mol. The van der Waals surface area contributed by atoms with E-state index in [0.29, 0.717) is 16.8 Å². The van der Waals surface area contributed by atoms with E-state index in [1.807, 2.05) is 18.0 Å². The molecule has 1 N–H and O–H groups in total. The minimum absolute atomic E-state index is 0.105. The first kappa shape index (κ1) is 16.4. The minimum atomic E-state index is -0.410. The molecule has 1 aromatic rings. The first-order chi connectivity index (χ1) is 10.6. The molecule has 0 atom stereocenters. The molecule has 0 unspecified atom stereocenters. The number of nitriles is 1. The molecule has 5 heteroatoms. The Morgan fingerprint density at radius 2 is 2.14 bits per heavy atom. The first-order valence-corrected chi connectivity index (χ1v) is 7.88. The quantitative estimate of drug-likeness (QED) is 0.675. The molecule has 0 radical (unpaired) electrons. The maximum absolute atomic E-state index is 12.2. The van der Waals surface area contributed by atoms with Gasteiger partial charge in [-0.25, -0.2) is 0 Å². The highest BCUT2D eigenvalue weighted by molar-refractivity contribution is 6.31. The lowest BCUT2D eigenvalue weighted by molar-refractivity contribution is -0.112. The maximum Gasteiger partial charge on any atom is 0.267 e. The number of nitrogens with zero attached hydrogens (tertiary/aromatic N) is 2. The van der Waals surface area contributed by atoms with Crippen molar-refractivity contribution in [1.82, 2.24) is 4.90 Å². The Balaban J connectivity index is 2.04. The lowest BCUT2D eigenvalue weighted by Gasteiger charge is -2.30. The zero-order valence-corrected chi connectivity index (χ0v) is 13.4. The van der Waals surface area contributed by atoms with Crippen LogP contribution >= 0.6 is 11.6 Å². The Morgan fingerprint density at radius 1 is 1.41 bits per heavy atom. The zero-order valence-electron chi connectivity index (χ0n) is 12.7. The molecule has 0 bridgehead atoms. The van der Waals surface area contributed by atoms with Crippen LogP contribution in [0.4, 0.5) is 5.69 Å². The van der Waals surface area contributed by atoms with Crippen molar-refractivity contribution < 1.29 is 4.79 Å². The van der Waals surface area contributed by atoms with Crippen LogP contribution in [0.15, 0.2) is 36.0 Å². The molecule has 1 aromatic carbocycles. The van der Waals surface area contributed by atoms with Crippen molar-refractivity contribution >= 4 is 23.2 Å². The van der Waals surface area contributed by atoms with Crippen LogP contribution in [0.1, 0.15) is 32.1 Å². The van der Waals surface area contributed by atoms with Crippen molar-refractivity contribution in [2.45, 2.75) is 38.1 Å². The smallest absolute Gasteiger partial charge is 0.267 e. The van der Waals surface area contributed by atoms with Gasteiger partial charge in [-0.15, -0.1) is 0 Å². The number of hydrogen-bond acceptors (Lipinski definition) is 3. The van der Waals surface area contributed by atoms with Gasteiger partial charge in [-0.2, -0.15) is 5.26 Å². The molecule has 4 nitrogen and oxygen atoms in total. The molecule has 116 valence electrons. The molecule has 22 heavy (non-hydrogen) atoms. The second kappa shape index (κ2) is 7.86. The molecule has 0 spiro atoms. The van der Waals surface area contributed by atoms with Gasteiger partial charge >= 0.3 is 0 Å². The number of carbonyl (C=O) groups is 1. The van der Waals surface area contributed by atoms with Gasteiger partial charge in [0.25, 0.3) is 5.91 Å². The Hall–Kier alpha value is -1.99. The summed E-state index contributed by atoms with van der Waals surface area (Å²) in [6.45, 7) is 0. The third-order valence-electron chi connectivity index (χ3n) is 3.93. The highest BCUT2D eigenvalue weighted by Crippen LogP contribution is 2.22. The average molecular weight is 318 g/mol. The van der Waals surface area contributed by atoms with Crippen LogP contribution in [-0.2, 0) is 4.79 Å². The molecular formula is C17H20ClN3O. The van der Waals surface area contributed by atoms with Crippen LogP contribution in [0.5, 0.6) is 0 Å². The summed E-state index contributed by atoms with van der Waals surface area (Å²) in [7, 11) is 1.93. The summed E-state index contributed by atoms with van der Waals surface area (Å²) < 4.78 is 0. The van der Waals surface area contributed by atoms with Gasteiger partial charge in [0, 0.05) is 30.0 Å². The van der Waals surface area contributed by atoms with E-state index in [1.165, 1.54) is 19.3 Å². The average Bonchev–Trinajstić information content (AvgIpc) is 2.53. The zero-order chi connectivity index (χ0) is 15.9. The molecule has 1 saturated carbocycles. The second-order valence-electron chi connectivity index (χ2n) is 5.58. The van der Waals surface area contributed by atoms with Gasteiger partial charge in [-0.3, -0.25) is 4.79 Å². The van der Waals surface area contributed by atoms with E-state index in [9.17, 15) is 10.1 Å². The normalized spacial score (nSPS) is 16.0. The fraction of sp³-hybridized carbons (Fsp3) is 0.412. The predicted octanol–water partition coefficient (Wildman–Crippen LogP) is 3.95. The van der Waals surface area contributed by atoms with E-state index in [4.69, 9.17) is 11.6 Å². The third-order valence-corrected chi connectivity index (χ3v) is 4.17. The fourth-order valence-corrected chi connectivity index (χ4v) is 2.89. The lowest BCUT2D eigenvalue weighted by Crippen LogP contribution is -2.30. The second-order valence-corrected chi connectivity index (χ2v) is 6.01. The highest BCUT2D eigenvalue weighted by Gasteiger charge is 2.18. The number of nitrogens with one attached hydrogen (secondary N) is 1. The van der Waals surface area contributed by atoms with Crippen molar-refractivity contribution in [1.29, 1.82) is 5.26 Å². The van der Waals surface area contributed by atoms with Gasteiger partial charge in [-0.05, 0) is 31.0 Å². The number of hydrogen-bond donors (Lipinski definition) is 1. The third kappa shape index (κ3) is 4.51. The minimum Gasteiger partial charge on any atom is -0.376 e. The van der Waals surface area contributed by atoms with Crippen LogP contribution in [0.3, 0.4) is 0 Å². The van der Waals surface area contributed by atoms with Crippen LogP contribution in [0, 0.1) is 11.3 Å². The molecule has 0 heterocycles. The monoisotopic (exact) mass is 317 g/mol. The van der Waals surface area contributed by atoms with Crippen LogP contribution in [-0.4, -0.2) is 23.9 Å². The van der Waals surface area contributed by atoms with Gasteiger partial charge in [0.1, 0.15) is 11.6 Å². The van der Waals surface area contributed by atoms with Crippen molar-refractivity contribution in [3.63, 3.8) is 0 Å². The summed E-state index contributed by atoms with van der Waals surface area (Å²) in [6.07, 6.45) is 7.56. The van der Waals surface area contributed by atoms with E-state index in [0.717, 1.165) is 12.8 Å². The Morgan fingerprint density at radius 3 is 2.77 bits per heavy atom. The molecule has 1 aliphatic rings. The van der Waals surface area contributed by atoms with Crippen LogP contribution in [0.25, 0.3) is 0 Å². The molecule has 1 aliphatic carbocycles. The maximum atomic E-state index is 12.2. The fourth-order valence-electron chi connectivity index (χ4n) is 2.70. The number of rotatable bonds is 4. The highest BCUT2D eigenvalue weighted by atomic mass is 35.5. The summed E-state index contributed by atoms with van der Waals surface area (Å²) in [5.41, 5.74) is 0.687. The Bertz CT molecular complexity index is 600. The van der Waals surface area contributed by atoms with Crippen molar-refractivity contribution in [3.8, 4) is 6.07 Å². The van der Waals surface area contributed by atoms with E-state index in [2.05, 4.69) is 5.32 Å². The first-order valence-electron chi connectivity index (χ1n) is 7.51. The van der Waals surface area contributed by atoms with Crippen molar-refractivity contribution in [3.05, 3.63) is 41.1 Å². The summed E-state index contributed by atoms with van der Waals surface area (Å²) in [6, 6.07) is 9.27. The lowest BCUT2D eigenvalue weighted by atomic mass is 9.94. The standard InChI is InChI=1S/C17H20ClN3O/c1-21(16-8-3-2-4-9-16)12-13(11-19)17(22)20-15-7-5-6-14(18)10-15/h5-7,10,12,16H,2-4,8-9H2,1H3,(H,20,22)/b13-12-. The van der Waals surface area contributed by atoms with Gasteiger partial charge in [0.15, 0.2) is 0 Å². The summed E-state index contributed by atoms with van der Waals surface area (Å²) in [4.78, 5) is 14.2. The SMILES string of the molecule is CN(/C=C(/C#N)C(=O)Nc1cccc(Cl)c1)C1CCCCC1. The number of halogens is 1. The molecule has 0 aliphatic heterocycles. The van der Waals surface area contributed by atoms with Gasteiger partial charge in [0.2, 0.25) is 0 Å². The van der Waals surface area contributed by atoms with E-state index in [-0.39, 0.29) is 5.57 Å². The summed E-state index contributed by atoms with van der Waals surface area (Å²) in [5, 5.41) is 12.5. The van der Waals surface area contributed by atoms with E-state index < -0.39 is 5.91 Å². The summed E-state index contributed by atoms with van der Waals surface area (Å²) >= 11 is 5.89. The van der Waals surface area contributed by atoms with E-state index in [1.54, 1.807) is 30.5 Å². The van der Waals surface area contributed by atoms with Crippen LogP contribution in [0.2, 0.25) is 5.02 Å². The van der Waals surface area contributed by atoms with Gasteiger partial charge < -0.3 is 10.2 Å². The topological polar surface area (TPSA) is 56.1 Å².